The SMILES string of the molecule is COc1ccccc1Oc1c(OCCO)nc(-c2ccncc2)nc1N(c1ccc(C(C)(C)C)cc1)S(=O)O. The van der Waals surface area contributed by atoms with Gasteiger partial charge >= 0.3 is 0 Å². The number of aromatic nitrogens is 3. The van der Waals surface area contributed by atoms with Crippen LogP contribution in [0.2, 0.25) is 0 Å². The van der Waals surface area contributed by atoms with Crippen LogP contribution in [0.1, 0.15) is 26.3 Å². The molecule has 10 nitrogen and oxygen atoms in total. The van der Waals surface area contributed by atoms with Crippen molar-refractivity contribution in [3.05, 3.63) is 78.6 Å². The number of benzene rings is 2. The number of pyridine rings is 1. The Morgan fingerprint density at radius 2 is 1.62 bits per heavy atom. The molecule has 204 valence electrons. The number of aliphatic hydroxyl groups is 1. The Morgan fingerprint density at radius 1 is 0.949 bits per heavy atom. The lowest BCUT2D eigenvalue weighted by Gasteiger charge is -2.25. The van der Waals surface area contributed by atoms with E-state index in [4.69, 9.17) is 14.2 Å². The molecule has 0 saturated heterocycles. The summed E-state index contributed by atoms with van der Waals surface area (Å²) in [4.78, 5) is 13.2. The summed E-state index contributed by atoms with van der Waals surface area (Å²) in [6.45, 7) is 5.86. The summed E-state index contributed by atoms with van der Waals surface area (Å²) in [6, 6.07) is 17.6. The summed E-state index contributed by atoms with van der Waals surface area (Å²) in [6.07, 6.45) is 3.16. The van der Waals surface area contributed by atoms with Crippen LogP contribution in [-0.2, 0) is 16.7 Å². The van der Waals surface area contributed by atoms with Gasteiger partial charge in [-0.2, -0.15) is 4.98 Å². The van der Waals surface area contributed by atoms with Crippen molar-refractivity contribution >= 4 is 22.8 Å². The maximum Gasteiger partial charge on any atom is 0.268 e. The van der Waals surface area contributed by atoms with Crippen molar-refractivity contribution in [2.45, 2.75) is 26.2 Å². The highest BCUT2D eigenvalue weighted by Gasteiger charge is 2.29. The molecule has 2 N–H and O–H groups in total. The quantitative estimate of drug-likeness (QED) is 0.253. The second kappa shape index (κ2) is 12.2. The largest absolute Gasteiger partial charge is 0.493 e. The fraction of sp³-hybridized carbons (Fsp3) is 0.250. The Balaban J connectivity index is 1.97. The highest BCUT2D eigenvalue weighted by atomic mass is 32.2. The van der Waals surface area contributed by atoms with Gasteiger partial charge in [0.25, 0.3) is 17.1 Å². The average molecular weight is 551 g/mol. The molecule has 0 amide bonds. The van der Waals surface area contributed by atoms with Gasteiger partial charge in [-0.05, 0) is 47.4 Å². The van der Waals surface area contributed by atoms with Gasteiger partial charge in [0.2, 0.25) is 5.75 Å². The van der Waals surface area contributed by atoms with Crippen LogP contribution in [0.15, 0.2) is 73.1 Å². The Bertz CT molecular complexity index is 1430. The minimum absolute atomic E-state index is 0.0278. The summed E-state index contributed by atoms with van der Waals surface area (Å²) < 4.78 is 42.0. The third kappa shape index (κ3) is 6.51. The van der Waals surface area contributed by atoms with Gasteiger partial charge in [-0.1, -0.05) is 45.0 Å². The Morgan fingerprint density at radius 3 is 2.21 bits per heavy atom. The maximum atomic E-state index is 12.9. The number of anilines is 2. The maximum absolute atomic E-state index is 12.9. The van der Waals surface area contributed by atoms with E-state index in [1.54, 1.807) is 60.9 Å². The Hall–Kier alpha value is -4.06. The van der Waals surface area contributed by atoms with E-state index in [0.29, 0.717) is 22.7 Å². The van der Waals surface area contributed by atoms with Gasteiger partial charge in [0.15, 0.2) is 23.1 Å². The van der Waals surface area contributed by atoms with E-state index in [9.17, 15) is 13.9 Å². The monoisotopic (exact) mass is 550 g/mol. The molecule has 0 aliphatic heterocycles. The fourth-order valence-corrected chi connectivity index (χ4v) is 4.29. The number of rotatable bonds is 10. The van der Waals surface area contributed by atoms with Crippen molar-refractivity contribution in [3.8, 4) is 34.5 Å². The standard InChI is InChI=1S/C28H30N4O6S/c1-28(2,3)20-9-11-21(12-10-20)32(39(34)35)26-24(38-23-8-6-5-7-22(23)36-4)27(37-18-17-33)31-25(30-26)19-13-15-29-16-14-19/h5-16,33H,17-18H2,1-4H3,(H,34,35). The van der Waals surface area contributed by atoms with Crippen LogP contribution in [0.25, 0.3) is 11.4 Å². The zero-order chi connectivity index (χ0) is 28.0. The topological polar surface area (TPSA) is 127 Å². The second-order valence-corrected chi connectivity index (χ2v) is 10.2. The number of ether oxygens (including phenoxy) is 3. The summed E-state index contributed by atoms with van der Waals surface area (Å²) >= 11 is -2.57. The molecule has 0 aliphatic rings. The number of para-hydroxylation sites is 2. The van der Waals surface area contributed by atoms with Gasteiger partial charge in [0.05, 0.1) is 19.4 Å². The summed E-state index contributed by atoms with van der Waals surface area (Å²) in [5.74, 6) is 0.833. The van der Waals surface area contributed by atoms with Crippen LogP contribution in [0.5, 0.6) is 23.1 Å². The van der Waals surface area contributed by atoms with E-state index in [2.05, 4.69) is 35.7 Å². The van der Waals surface area contributed by atoms with Crippen LogP contribution in [0.3, 0.4) is 0 Å². The van der Waals surface area contributed by atoms with Gasteiger partial charge in [-0.15, -0.1) is 0 Å². The van der Waals surface area contributed by atoms with Crippen LogP contribution in [0, 0.1) is 0 Å². The summed E-state index contributed by atoms with van der Waals surface area (Å²) in [5.41, 5.74) is 1.92. The smallest absolute Gasteiger partial charge is 0.268 e. The Labute approximate surface area is 229 Å². The van der Waals surface area contributed by atoms with Gasteiger partial charge < -0.3 is 19.3 Å². The molecular weight excluding hydrogens is 520 g/mol. The molecule has 1 unspecified atom stereocenters. The first-order valence-electron chi connectivity index (χ1n) is 12.1. The predicted octanol–water partition coefficient (Wildman–Crippen LogP) is 5.28. The number of aliphatic hydroxyl groups excluding tert-OH is 1. The molecule has 2 heterocycles. The molecule has 0 aliphatic carbocycles. The van der Waals surface area contributed by atoms with E-state index in [1.807, 2.05) is 12.1 Å². The van der Waals surface area contributed by atoms with Crippen molar-refractivity contribution in [3.63, 3.8) is 0 Å². The molecule has 0 fully saturated rings. The van der Waals surface area contributed by atoms with Gasteiger partial charge in [0, 0.05) is 18.0 Å². The lowest BCUT2D eigenvalue weighted by molar-refractivity contribution is 0.192. The third-order valence-corrected chi connectivity index (χ3v) is 6.38. The predicted molar refractivity (Wildman–Crippen MR) is 149 cm³/mol. The zero-order valence-electron chi connectivity index (χ0n) is 22.1. The van der Waals surface area contributed by atoms with Crippen molar-refractivity contribution in [1.82, 2.24) is 15.0 Å². The third-order valence-electron chi connectivity index (χ3n) is 5.68. The molecule has 0 saturated carbocycles. The number of nitrogens with zero attached hydrogens (tertiary/aromatic N) is 4. The molecular formula is C28H30N4O6S. The van der Waals surface area contributed by atoms with Crippen molar-refractivity contribution in [1.29, 1.82) is 0 Å². The first-order valence-corrected chi connectivity index (χ1v) is 13.2. The number of hydrogen-bond donors (Lipinski definition) is 2. The molecule has 2 aromatic heterocycles. The molecule has 4 aromatic rings. The van der Waals surface area contributed by atoms with Gasteiger partial charge in [-0.3, -0.25) is 9.54 Å². The minimum Gasteiger partial charge on any atom is -0.493 e. The molecule has 0 bridgehead atoms. The Kier molecular flexibility index (Phi) is 8.75. The molecule has 0 spiro atoms. The van der Waals surface area contributed by atoms with Crippen molar-refractivity contribution in [2.24, 2.45) is 0 Å². The lowest BCUT2D eigenvalue weighted by atomic mass is 9.87. The molecule has 4 rings (SSSR count). The lowest BCUT2D eigenvalue weighted by Crippen LogP contribution is -2.22. The number of methoxy groups -OCH3 is 1. The minimum atomic E-state index is -2.57. The van der Waals surface area contributed by atoms with Crippen LogP contribution < -0.4 is 18.5 Å². The fourth-order valence-electron chi connectivity index (χ4n) is 3.71. The van der Waals surface area contributed by atoms with Crippen molar-refractivity contribution < 1.29 is 28.1 Å². The average Bonchev–Trinajstić information content (AvgIpc) is 2.93. The molecule has 0 radical (unpaired) electrons. The molecule has 1 atom stereocenters. The normalized spacial score (nSPS) is 12.1. The molecule has 2 aromatic carbocycles. The van der Waals surface area contributed by atoms with Crippen molar-refractivity contribution in [2.75, 3.05) is 24.6 Å². The second-order valence-electron chi connectivity index (χ2n) is 9.39. The number of hydrogen-bond acceptors (Lipinski definition) is 8. The van der Waals surface area contributed by atoms with E-state index >= 15 is 0 Å². The van der Waals surface area contributed by atoms with E-state index < -0.39 is 11.3 Å². The summed E-state index contributed by atoms with van der Waals surface area (Å²) in [5, 5.41) is 9.48. The highest BCUT2D eigenvalue weighted by molar-refractivity contribution is 7.81. The van der Waals surface area contributed by atoms with Gasteiger partial charge in [-0.25, -0.2) is 13.5 Å². The van der Waals surface area contributed by atoms with Crippen LogP contribution in [-0.4, -0.2) is 49.1 Å². The molecule has 11 heteroatoms. The van der Waals surface area contributed by atoms with E-state index in [1.165, 1.54) is 7.11 Å². The van der Waals surface area contributed by atoms with Crippen LogP contribution in [0.4, 0.5) is 11.5 Å². The van der Waals surface area contributed by atoms with E-state index in [-0.39, 0.29) is 41.9 Å². The molecule has 39 heavy (non-hydrogen) atoms. The van der Waals surface area contributed by atoms with Gasteiger partial charge in [0.1, 0.15) is 6.61 Å². The first kappa shape index (κ1) is 28.0. The van der Waals surface area contributed by atoms with Crippen LogP contribution >= 0.6 is 0 Å². The highest BCUT2D eigenvalue weighted by Crippen LogP contribution is 2.44. The first-order chi connectivity index (χ1) is 18.7. The van der Waals surface area contributed by atoms with E-state index in [0.717, 1.165) is 9.87 Å². The summed E-state index contributed by atoms with van der Waals surface area (Å²) in [7, 11) is 1.50. The zero-order valence-corrected chi connectivity index (χ0v) is 22.9.